The molecule has 1 aromatic carbocycles. The van der Waals surface area contributed by atoms with Crippen molar-refractivity contribution < 1.29 is 28.2 Å². The van der Waals surface area contributed by atoms with Gasteiger partial charge in [-0.2, -0.15) is 5.26 Å². The van der Waals surface area contributed by atoms with E-state index in [0.717, 1.165) is 11.8 Å². The number of nitrogens with zero attached hydrogens (tertiary/aromatic N) is 2. The Morgan fingerprint density at radius 1 is 1.02 bits per heavy atom. The first kappa shape index (κ1) is 29.0. The summed E-state index contributed by atoms with van der Waals surface area (Å²) < 4.78 is 28.4. The van der Waals surface area contributed by atoms with Crippen LogP contribution in [0.2, 0.25) is 0 Å². The molecule has 0 spiro atoms. The van der Waals surface area contributed by atoms with E-state index in [1.54, 1.807) is 12.3 Å². The molecule has 2 aliphatic rings. The molecule has 41 heavy (non-hydrogen) atoms. The molecule has 2 N–H and O–H groups in total. The fourth-order valence-corrected chi connectivity index (χ4v) is 5.59. The van der Waals surface area contributed by atoms with Crippen LogP contribution in [0.25, 0.3) is 22.3 Å². The fraction of sp³-hybridized carbons (Fsp3) is 0.516. The first-order valence-electron chi connectivity index (χ1n) is 14.5. The molecule has 0 radical (unpaired) electrons. The second kappa shape index (κ2) is 14.9. The molecule has 3 atom stereocenters. The maximum Gasteiger partial charge on any atom is 0.237 e. The Balaban J connectivity index is 0.873. The van der Waals surface area contributed by atoms with Crippen molar-refractivity contribution in [1.82, 2.24) is 15.6 Å². The van der Waals surface area contributed by atoms with Gasteiger partial charge in [0.1, 0.15) is 29.8 Å². The predicted molar refractivity (Wildman–Crippen MR) is 152 cm³/mol. The molecule has 1 aliphatic heterocycles. The molecule has 1 amide bonds. The summed E-state index contributed by atoms with van der Waals surface area (Å²) in [5.41, 5.74) is 1.89. The number of carbonyl (C=O) groups is 1. The van der Waals surface area contributed by atoms with Crippen LogP contribution in [0.4, 0.5) is 0 Å². The number of amides is 1. The van der Waals surface area contributed by atoms with E-state index in [9.17, 15) is 10.1 Å². The first-order chi connectivity index (χ1) is 20.2. The second-order valence-corrected chi connectivity index (χ2v) is 10.4. The van der Waals surface area contributed by atoms with Crippen LogP contribution >= 0.6 is 0 Å². The number of benzene rings is 1. The van der Waals surface area contributed by atoms with E-state index >= 15 is 0 Å². The highest BCUT2D eigenvalue weighted by Crippen LogP contribution is 2.33. The van der Waals surface area contributed by atoms with Gasteiger partial charge in [0, 0.05) is 35.9 Å². The smallest absolute Gasteiger partial charge is 0.237 e. The highest BCUT2D eigenvalue weighted by Gasteiger charge is 2.37. The second-order valence-electron chi connectivity index (χ2n) is 10.4. The van der Waals surface area contributed by atoms with Gasteiger partial charge in [-0.3, -0.25) is 9.78 Å². The Morgan fingerprint density at radius 2 is 1.80 bits per heavy atom. The number of hydrogen-bond acceptors (Lipinski definition) is 9. The molecule has 1 aliphatic carbocycles. The summed E-state index contributed by atoms with van der Waals surface area (Å²) in [6.45, 7) is 3.72. The molecule has 1 saturated heterocycles. The SMILES string of the molecule is N#Cc1cnccc1-c1cc2cc(OCCOCCOCCOCCNC(=O)[C@@H]3C[C@@H]4CCCC[C@@H]4N3)ccc2o1. The lowest BCUT2D eigenvalue weighted by Crippen LogP contribution is -2.44. The lowest BCUT2D eigenvalue weighted by molar-refractivity contribution is -0.123. The van der Waals surface area contributed by atoms with Crippen molar-refractivity contribution in [1.29, 1.82) is 5.26 Å². The Labute approximate surface area is 240 Å². The van der Waals surface area contributed by atoms with E-state index in [1.807, 2.05) is 24.3 Å². The van der Waals surface area contributed by atoms with Gasteiger partial charge in [0.15, 0.2) is 0 Å². The lowest BCUT2D eigenvalue weighted by Gasteiger charge is -2.24. The highest BCUT2D eigenvalue weighted by atomic mass is 16.6. The van der Waals surface area contributed by atoms with Gasteiger partial charge in [0.2, 0.25) is 5.91 Å². The molecule has 2 fully saturated rings. The van der Waals surface area contributed by atoms with Crippen molar-refractivity contribution in [3.05, 3.63) is 48.3 Å². The number of hydrogen-bond donors (Lipinski definition) is 2. The minimum atomic E-state index is -0.0529. The number of rotatable bonds is 15. The minimum absolute atomic E-state index is 0.0529. The monoisotopic (exact) mass is 562 g/mol. The third-order valence-electron chi connectivity index (χ3n) is 7.66. The van der Waals surface area contributed by atoms with Crippen LogP contribution in [0, 0.1) is 17.2 Å². The zero-order chi connectivity index (χ0) is 28.3. The van der Waals surface area contributed by atoms with Crippen LogP contribution in [0.1, 0.15) is 37.7 Å². The van der Waals surface area contributed by atoms with Crippen molar-refractivity contribution in [2.45, 2.75) is 44.2 Å². The quantitative estimate of drug-likeness (QED) is 0.266. The van der Waals surface area contributed by atoms with E-state index in [4.69, 9.17) is 23.4 Å². The number of carbonyl (C=O) groups excluding carboxylic acids is 1. The van der Waals surface area contributed by atoms with E-state index in [1.165, 1.54) is 31.9 Å². The third-order valence-corrected chi connectivity index (χ3v) is 7.66. The maximum absolute atomic E-state index is 12.4. The molecular weight excluding hydrogens is 524 g/mol. The summed E-state index contributed by atoms with van der Waals surface area (Å²) in [5.74, 6) is 2.08. The van der Waals surface area contributed by atoms with Crippen molar-refractivity contribution in [3.8, 4) is 23.1 Å². The summed E-state index contributed by atoms with van der Waals surface area (Å²) in [7, 11) is 0. The summed E-state index contributed by atoms with van der Waals surface area (Å²) in [4.78, 5) is 16.4. The van der Waals surface area contributed by atoms with Gasteiger partial charge >= 0.3 is 0 Å². The first-order valence-corrected chi connectivity index (χ1v) is 14.5. The summed E-state index contributed by atoms with van der Waals surface area (Å²) >= 11 is 0. The predicted octanol–water partition coefficient (Wildman–Crippen LogP) is 3.83. The van der Waals surface area contributed by atoms with Gasteiger partial charge in [-0.15, -0.1) is 0 Å². The van der Waals surface area contributed by atoms with Gasteiger partial charge in [0.05, 0.1) is 51.2 Å². The Bertz CT molecular complexity index is 1310. The maximum atomic E-state index is 12.4. The highest BCUT2D eigenvalue weighted by molar-refractivity contribution is 5.85. The molecule has 2 aromatic heterocycles. The number of nitriles is 1. The molecule has 3 heterocycles. The summed E-state index contributed by atoms with van der Waals surface area (Å²) in [6.07, 6.45) is 9.13. The van der Waals surface area contributed by atoms with E-state index in [-0.39, 0.29) is 11.9 Å². The van der Waals surface area contributed by atoms with Crippen LogP contribution < -0.4 is 15.4 Å². The molecule has 3 aromatic rings. The van der Waals surface area contributed by atoms with Crippen molar-refractivity contribution in [2.24, 2.45) is 5.92 Å². The van der Waals surface area contributed by atoms with Gasteiger partial charge in [-0.05, 0) is 55.5 Å². The van der Waals surface area contributed by atoms with Crippen LogP contribution in [-0.2, 0) is 19.0 Å². The van der Waals surface area contributed by atoms with Crippen LogP contribution in [0.15, 0.2) is 47.1 Å². The number of aromatic nitrogens is 1. The van der Waals surface area contributed by atoms with Gasteiger partial charge < -0.3 is 34.0 Å². The molecule has 0 unspecified atom stereocenters. The Hall–Kier alpha value is -3.49. The molecule has 5 rings (SSSR count). The number of nitrogens with one attached hydrogen (secondary N) is 2. The van der Waals surface area contributed by atoms with E-state index < -0.39 is 0 Å². The molecule has 10 heteroatoms. The molecule has 10 nitrogen and oxygen atoms in total. The normalized spacial score (nSPS) is 20.0. The zero-order valence-electron chi connectivity index (χ0n) is 23.3. The van der Waals surface area contributed by atoms with Crippen LogP contribution in [-0.4, -0.2) is 75.8 Å². The zero-order valence-corrected chi connectivity index (χ0v) is 23.3. The van der Waals surface area contributed by atoms with Crippen LogP contribution in [0.5, 0.6) is 5.75 Å². The van der Waals surface area contributed by atoms with Crippen molar-refractivity contribution in [2.75, 3.05) is 52.8 Å². The van der Waals surface area contributed by atoms with Crippen molar-refractivity contribution in [3.63, 3.8) is 0 Å². The van der Waals surface area contributed by atoms with Gasteiger partial charge in [-0.1, -0.05) is 12.8 Å². The Kier molecular flexibility index (Phi) is 10.6. The molecular formula is C31H38N4O6. The standard InChI is InChI=1S/C31H38N4O6/c32-20-24-21-33-8-7-26(24)30-19-23-17-25(5-6-29(23)41-30)40-16-15-39-14-13-38-12-11-37-10-9-34-31(36)28-18-22-3-1-2-4-27(22)35-28/h5-8,17,19,21-22,27-28,35H,1-4,9-16,18H2,(H,34,36)/t22-,27-,28-/m0/s1. The average molecular weight is 563 g/mol. The van der Waals surface area contributed by atoms with E-state index in [2.05, 4.69) is 21.7 Å². The van der Waals surface area contributed by atoms with Crippen molar-refractivity contribution >= 4 is 16.9 Å². The molecule has 218 valence electrons. The fourth-order valence-electron chi connectivity index (χ4n) is 5.59. The average Bonchev–Trinajstić information content (AvgIpc) is 3.63. The summed E-state index contributed by atoms with van der Waals surface area (Å²) in [6, 6.07) is 11.9. The molecule has 0 bridgehead atoms. The largest absolute Gasteiger partial charge is 0.491 e. The van der Waals surface area contributed by atoms with Gasteiger partial charge in [0.25, 0.3) is 0 Å². The number of ether oxygens (including phenoxy) is 4. The Morgan fingerprint density at radius 3 is 2.61 bits per heavy atom. The van der Waals surface area contributed by atoms with Gasteiger partial charge in [-0.25, -0.2) is 0 Å². The third kappa shape index (κ3) is 8.05. The van der Waals surface area contributed by atoms with Crippen LogP contribution in [0.3, 0.4) is 0 Å². The number of pyridine rings is 1. The number of fused-ring (bicyclic) bond motifs is 2. The minimum Gasteiger partial charge on any atom is -0.491 e. The topological polar surface area (TPSA) is 128 Å². The van der Waals surface area contributed by atoms with E-state index in [0.29, 0.717) is 93.0 Å². The molecule has 1 saturated carbocycles. The number of furan rings is 1. The lowest BCUT2D eigenvalue weighted by atomic mass is 9.85. The summed E-state index contributed by atoms with van der Waals surface area (Å²) in [5, 5.41) is 16.7.